The van der Waals surface area contributed by atoms with Crippen molar-refractivity contribution in [1.29, 1.82) is 0 Å². The van der Waals surface area contributed by atoms with E-state index < -0.39 is 11.0 Å². The summed E-state index contributed by atoms with van der Waals surface area (Å²) in [5.74, 6) is 0. The van der Waals surface area contributed by atoms with Crippen LogP contribution in [0.2, 0.25) is 0 Å². The van der Waals surface area contributed by atoms with Gasteiger partial charge in [0.25, 0.3) is 11.7 Å². The molecule has 2 aliphatic rings. The highest BCUT2D eigenvalue weighted by atomic mass is 16.6. The molecule has 37 heavy (non-hydrogen) atoms. The van der Waals surface area contributed by atoms with Crippen molar-refractivity contribution in [3.63, 3.8) is 0 Å². The summed E-state index contributed by atoms with van der Waals surface area (Å²) >= 11 is 0. The molecule has 2 aliphatic heterocycles. The molecule has 0 spiro atoms. The number of amides is 2. The van der Waals surface area contributed by atoms with Crippen LogP contribution in [0.15, 0.2) is 64.5 Å². The Morgan fingerprint density at radius 3 is 2.73 bits per heavy atom. The van der Waals surface area contributed by atoms with Crippen LogP contribution in [-0.2, 0) is 9.53 Å². The van der Waals surface area contributed by atoms with Gasteiger partial charge in [-0.25, -0.2) is 9.79 Å². The van der Waals surface area contributed by atoms with Crippen molar-refractivity contribution in [3.8, 4) is 0 Å². The van der Waals surface area contributed by atoms with Crippen LogP contribution in [-0.4, -0.2) is 71.3 Å². The number of rotatable bonds is 10. The van der Waals surface area contributed by atoms with Gasteiger partial charge in [-0.2, -0.15) is 0 Å². The molecular formula is C27H35N5O5. The first-order valence-electron chi connectivity index (χ1n) is 12.5. The molecule has 1 atom stereocenters. The van der Waals surface area contributed by atoms with E-state index in [4.69, 9.17) is 4.74 Å². The highest BCUT2D eigenvalue weighted by molar-refractivity contribution is 5.85. The number of benzene rings is 1. The van der Waals surface area contributed by atoms with Crippen LogP contribution in [0.25, 0.3) is 0 Å². The van der Waals surface area contributed by atoms with Gasteiger partial charge in [-0.05, 0) is 44.7 Å². The smallest absolute Gasteiger partial charge is 0.324 e. The van der Waals surface area contributed by atoms with Crippen LogP contribution in [0, 0.1) is 10.1 Å². The zero-order valence-corrected chi connectivity index (χ0v) is 21.9. The Kier molecular flexibility index (Phi) is 9.59. The summed E-state index contributed by atoms with van der Waals surface area (Å²) in [7, 11) is 1.50. The van der Waals surface area contributed by atoms with Gasteiger partial charge in [0.2, 0.25) is 0 Å². The summed E-state index contributed by atoms with van der Waals surface area (Å²) in [6, 6.07) is 5.97. The minimum Gasteiger partial charge on any atom is -0.468 e. The number of nitrogens with zero attached hydrogens (tertiary/aromatic N) is 5. The number of carbonyl (C=O) groups is 2. The fourth-order valence-corrected chi connectivity index (χ4v) is 4.76. The maximum atomic E-state index is 13.2. The van der Waals surface area contributed by atoms with Gasteiger partial charge < -0.3 is 14.5 Å². The molecule has 0 aliphatic carbocycles. The van der Waals surface area contributed by atoms with Crippen LogP contribution in [0.1, 0.15) is 51.6 Å². The van der Waals surface area contributed by atoms with Gasteiger partial charge in [0.05, 0.1) is 23.8 Å². The Labute approximate surface area is 217 Å². The molecule has 0 aromatic heterocycles. The topological polar surface area (TPSA) is 109 Å². The SMILES string of the molecule is C/C=C\C(=C/CC)N1CCCN(CCCN2C(OC)=NC(C)=C(C=O)C2c2cccc([N+](=O)[O-])c2)C1=O. The lowest BCUT2D eigenvalue weighted by atomic mass is 9.94. The first kappa shape index (κ1) is 27.6. The third-order valence-electron chi connectivity index (χ3n) is 6.44. The summed E-state index contributed by atoms with van der Waals surface area (Å²) in [5, 5.41) is 11.4. The monoisotopic (exact) mass is 509 g/mol. The van der Waals surface area contributed by atoms with Crippen molar-refractivity contribution >= 4 is 24.0 Å². The number of aldehydes is 1. The molecular weight excluding hydrogens is 474 g/mol. The molecule has 1 aromatic rings. The number of carbonyl (C=O) groups excluding carboxylic acids is 2. The number of nitro benzene ring substituents is 1. The quantitative estimate of drug-likeness (QED) is 0.194. The molecule has 0 N–H and O–H groups in total. The number of amidine groups is 1. The van der Waals surface area contributed by atoms with Crippen LogP contribution in [0.4, 0.5) is 10.5 Å². The van der Waals surface area contributed by atoms with Crippen molar-refractivity contribution < 1.29 is 19.2 Å². The second kappa shape index (κ2) is 12.8. The van der Waals surface area contributed by atoms with Gasteiger partial charge in [0.15, 0.2) is 0 Å². The molecule has 10 heteroatoms. The molecule has 1 unspecified atom stereocenters. The Bertz CT molecular complexity index is 1140. The number of hydrogen-bond donors (Lipinski definition) is 0. The zero-order chi connectivity index (χ0) is 26.9. The first-order chi connectivity index (χ1) is 17.9. The normalized spacial score (nSPS) is 19.0. The van der Waals surface area contributed by atoms with Gasteiger partial charge in [0.1, 0.15) is 6.29 Å². The van der Waals surface area contributed by atoms with Crippen LogP contribution in [0.3, 0.4) is 0 Å². The summed E-state index contributed by atoms with van der Waals surface area (Å²) in [6.45, 7) is 8.00. The van der Waals surface area contributed by atoms with E-state index in [1.165, 1.54) is 19.2 Å². The number of aliphatic imine (C=N–C) groups is 1. The summed E-state index contributed by atoms with van der Waals surface area (Å²) in [6.07, 6.45) is 8.99. The van der Waals surface area contributed by atoms with Crippen LogP contribution in [0.5, 0.6) is 0 Å². The van der Waals surface area contributed by atoms with Crippen molar-refractivity contribution in [2.75, 3.05) is 33.3 Å². The Morgan fingerprint density at radius 1 is 1.30 bits per heavy atom. The molecule has 0 saturated carbocycles. The third kappa shape index (κ3) is 6.25. The second-order valence-electron chi connectivity index (χ2n) is 8.87. The van der Waals surface area contributed by atoms with Crippen LogP contribution >= 0.6 is 0 Å². The van der Waals surface area contributed by atoms with Crippen molar-refractivity contribution in [2.24, 2.45) is 4.99 Å². The van der Waals surface area contributed by atoms with E-state index in [1.807, 2.05) is 40.7 Å². The van der Waals surface area contributed by atoms with Gasteiger partial charge in [0, 0.05) is 49.6 Å². The molecule has 198 valence electrons. The molecule has 0 radical (unpaired) electrons. The molecule has 3 rings (SSSR count). The Morgan fingerprint density at radius 2 is 2.08 bits per heavy atom. The lowest BCUT2D eigenvalue weighted by molar-refractivity contribution is -0.384. The minimum absolute atomic E-state index is 0.0251. The van der Waals surface area contributed by atoms with E-state index in [9.17, 15) is 19.7 Å². The van der Waals surface area contributed by atoms with E-state index in [0.717, 1.165) is 24.8 Å². The van der Waals surface area contributed by atoms with Gasteiger partial charge in [-0.1, -0.05) is 31.2 Å². The molecule has 1 fully saturated rings. The number of methoxy groups -OCH3 is 1. The molecule has 0 bridgehead atoms. The third-order valence-corrected chi connectivity index (χ3v) is 6.44. The highest BCUT2D eigenvalue weighted by Gasteiger charge is 2.34. The fourth-order valence-electron chi connectivity index (χ4n) is 4.76. The van der Waals surface area contributed by atoms with Gasteiger partial charge in [-0.3, -0.25) is 19.8 Å². The molecule has 2 amide bonds. The predicted molar refractivity (Wildman–Crippen MR) is 142 cm³/mol. The minimum atomic E-state index is -0.591. The number of nitro groups is 1. The van der Waals surface area contributed by atoms with Gasteiger partial charge >= 0.3 is 6.03 Å². The number of hydrogen-bond acceptors (Lipinski definition) is 7. The molecule has 1 aromatic carbocycles. The van der Waals surface area contributed by atoms with Crippen molar-refractivity contribution in [1.82, 2.24) is 14.7 Å². The Balaban J connectivity index is 1.82. The predicted octanol–water partition coefficient (Wildman–Crippen LogP) is 4.81. The highest BCUT2D eigenvalue weighted by Crippen LogP contribution is 2.35. The lowest BCUT2D eigenvalue weighted by Gasteiger charge is -2.38. The maximum absolute atomic E-state index is 13.2. The van der Waals surface area contributed by atoms with E-state index >= 15 is 0 Å². The zero-order valence-electron chi connectivity index (χ0n) is 21.9. The molecule has 2 heterocycles. The summed E-state index contributed by atoms with van der Waals surface area (Å²) in [4.78, 5) is 46.2. The first-order valence-corrected chi connectivity index (χ1v) is 12.5. The summed E-state index contributed by atoms with van der Waals surface area (Å²) in [5.41, 5.74) is 2.37. The van der Waals surface area contributed by atoms with E-state index in [0.29, 0.717) is 55.5 Å². The maximum Gasteiger partial charge on any atom is 0.324 e. The average Bonchev–Trinajstić information content (AvgIpc) is 2.89. The molecule has 10 nitrogen and oxygen atoms in total. The standard InChI is InChI=1S/C27H35N5O5/c1-5-10-22(11-6-2)30-16-8-14-29(27(30)34)15-9-17-31-25(21-12-7-13-23(18-21)32(35)36)24(19-33)20(3)28-26(31)37-4/h5,7,10-13,18-19,25H,6,8-9,14-17H2,1-4H3/b10-5-,22-11+. The van der Waals surface area contributed by atoms with Crippen molar-refractivity contribution in [3.05, 3.63) is 75.1 Å². The fraction of sp³-hybridized carbons (Fsp3) is 0.444. The largest absolute Gasteiger partial charge is 0.468 e. The number of allylic oxidation sites excluding steroid dienone is 4. The summed E-state index contributed by atoms with van der Waals surface area (Å²) < 4.78 is 5.55. The number of urea groups is 1. The van der Waals surface area contributed by atoms with Crippen LogP contribution < -0.4 is 0 Å². The number of non-ortho nitro benzene ring substituents is 1. The second-order valence-corrected chi connectivity index (χ2v) is 8.87. The Hall–Kier alpha value is -3.95. The van der Waals surface area contributed by atoms with Gasteiger partial charge in [-0.15, -0.1) is 0 Å². The molecule has 1 saturated heterocycles. The van der Waals surface area contributed by atoms with Crippen molar-refractivity contribution in [2.45, 2.75) is 46.1 Å². The van der Waals surface area contributed by atoms with E-state index in [2.05, 4.69) is 11.1 Å². The average molecular weight is 510 g/mol. The van der Waals surface area contributed by atoms with E-state index in [-0.39, 0.29) is 11.7 Å². The number of ether oxygens (including phenoxy) is 1. The lowest BCUT2D eigenvalue weighted by Crippen LogP contribution is -2.49. The van der Waals surface area contributed by atoms with E-state index in [1.54, 1.807) is 19.1 Å².